The molecule has 0 aliphatic carbocycles. The number of benzene rings is 2. The summed E-state index contributed by atoms with van der Waals surface area (Å²) in [6.45, 7) is 5.51. The Balaban J connectivity index is 1.72. The monoisotopic (exact) mass is 469 g/mol. The number of nitrogens with one attached hydrogen (secondary N) is 1. The highest BCUT2D eigenvalue weighted by Gasteiger charge is 2.28. The number of carbonyl (C=O) groups excluding carboxylic acids is 1. The van der Waals surface area contributed by atoms with Crippen molar-refractivity contribution in [1.82, 2.24) is 5.01 Å². The number of anilines is 1. The average Bonchev–Trinajstić information content (AvgIpc) is 2.86. The fraction of sp³-hybridized carbons (Fsp3) is 0.462. The third-order valence-corrected chi connectivity index (χ3v) is 5.54. The summed E-state index contributed by atoms with van der Waals surface area (Å²) >= 11 is 0. The Morgan fingerprint density at radius 2 is 1.74 bits per heavy atom. The van der Waals surface area contributed by atoms with Gasteiger partial charge in [0.2, 0.25) is 5.91 Å². The maximum atomic E-state index is 13.1. The standard InChI is InChI=1S/C26H35N3O5/c1-18(2)17-34-25-14-19(9-11-23(25)32-4)16-27-29-13-7-6-8-21(29)26(30)28-20-10-12-22(31-3)24(15-20)33-5/h9-12,14-16,18,21H,6-8,13,17H2,1-5H3,(H,28,30)/b27-16+. The van der Waals surface area contributed by atoms with Crippen LogP contribution in [0.2, 0.25) is 0 Å². The predicted octanol–water partition coefficient (Wildman–Crippen LogP) is 4.57. The molecule has 8 heteroatoms. The van der Waals surface area contributed by atoms with Crippen LogP contribution in [0.15, 0.2) is 41.5 Å². The van der Waals surface area contributed by atoms with Crippen molar-refractivity contribution in [3.63, 3.8) is 0 Å². The van der Waals surface area contributed by atoms with E-state index in [1.807, 2.05) is 23.2 Å². The Bertz CT molecular complexity index is 992. The zero-order chi connectivity index (χ0) is 24.5. The van der Waals surface area contributed by atoms with Crippen molar-refractivity contribution in [2.75, 3.05) is 39.8 Å². The molecule has 1 heterocycles. The van der Waals surface area contributed by atoms with E-state index in [2.05, 4.69) is 24.3 Å². The largest absolute Gasteiger partial charge is 0.493 e. The van der Waals surface area contributed by atoms with Crippen LogP contribution < -0.4 is 24.3 Å². The number of piperidine rings is 1. The van der Waals surface area contributed by atoms with Crippen LogP contribution in [0.25, 0.3) is 0 Å². The zero-order valence-corrected chi connectivity index (χ0v) is 20.7. The molecular weight excluding hydrogens is 434 g/mol. The lowest BCUT2D eigenvalue weighted by atomic mass is 10.0. The van der Waals surface area contributed by atoms with E-state index in [0.717, 1.165) is 24.8 Å². The minimum absolute atomic E-state index is 0.0974. The molecule has 0 radical (unpaired) electrons. The second-order valence-corrected chi connectivity index (χ2v) is 8.59. The Morgan fingerprint density at radius 3 is 2.44 bits per heavy atom. The molecule has 0 aromatic heterocycles. The molecule has 3 rings (SSSR count). The van der Waals surface area contributed by atoms with Gasteiger partial charge < -0.3 is 24.3 Å². The fourth-order valence-corrected chi connectivity index (χ4v) is 3.74. The molecule has 1 saturated heterocycles. The summed E-state index contributed by atoms with van der Waals surface area (Å²) in [7, 11) is 4.77. The van der Waals surface area contributed by atoms with Gasteiger partial charge >= 0.3 is 0 Å². The van der Waals surface area contributed by atoms with Gasteiger partial charge in [0.15, 0.2) is 23.0 Å². The molecule has 1 aliphatic rings. The summed E-state index contributed by atoms with van der Waals surface area (Å²) in [6.07, 6.45) is 4.47. The van der Waals surface area contributed by atoms with E-state index in [0.29, 0.717) is 47.8 Å². The maximum absolute atomic E-state index is 13.1. The molecule has 8 nitrogen and oxygen atoms in total. The molecule has 0 spiro atoms. The molecule has 1 atom stereocenters. The first-order valence-corrected chi connectivity index (χ1v) is 11.6. The van der Waals surface area contributed by atoms with Gasteiger partial charge in [-0.3, -0.25) is 9.80 Å². The van der Waals surface area contributed by atoms with Crippen LogP contribution in [0.3, 0.4) is 0 Å². The van der Waals surface area contributed by atoms with E-state index < -0.39 is 0 Å². The first-order valence-electron chi connectivity index (χ1n) is 11.6. The third kappa shape index (κ3) is 6.56. The number of methoxy groups -OCH3 is 3. The smallest absolute Gasteiger partial charge is 0.248 e. The van der Waals surface area contributed by atoms with E-state index in [1.165, 1.54) is 0 Å². The van der Waals surface area contributed by atoms with Gasteiger partial charge in [-0.25, -0.2) is 0 Å². The lowest BCUT2D eigenvalue weighted by Gasteiger charge is -2.32. The van der Waals surface area contributed by atoms with Crippen molar-refractivity contribution >= 4 is 17.8 Å². The number of carbonyl (C=O) groups is 1. The van der Waals surface area contributed by atoms with Crippen molar-refractivity contribution in [3.05, 3.63) is 42.0 Å². The molecule has 2 aromatic carbocycles. The quantitative estimate of drug-likeness (QED) is 0.513. The van der Waals surface area contributed by atoms with Crippen molar-refractivity contribution < 1.29 is 23.7 Å². The Hall–Kier alpha value is -3.42. The summed E-state index contributed by atoms with van der Waals surface area (Å²) in [6, 6.07) is 10.7. The average molecular weight is 470 g/mol. The first-order chi connectivity index (χ1) is 16.4. The molecule has 34 heavy (non-hydrogen) atoms. The second kappa shape index (κ2) is 12.2. The number of amides is 1. The van der Waals surface area contributed by atoms with E-state index in [1.54, 1.807) is 45.7 Å². The molecule has 1 amide bonds. The molecule has 1 aliphatic heterocycles. The highest BCUT2D eigenvalue weighted by molar-refractivity contribution is 5.95. The van der Waals surface area contributed by atoms with Crippen LogP contribution in [-0.4, -0.2) is 57.7 Å². The van der Waals surface area contributed by atoms with E-state index in [9.17, 15) is 4.79 Å². The lowest BCUT2D eigenvalue weighted by Crippen LogP contribution is -2.44. The summed E-state index contributed by atoms with van der Waals surface area (Å²) in [4.78, 5) is 13.1. The van der Waals surface area contributed by atoms with Gasteiger partial charge in [0.05, 0.1) is 34.2 Å². The molecule has 1 N–H and O–H groups in total. The molecule has 184 valence electrons. The Morgan fingerprint density at radius 1 is 1.03 bits per heavy atom. The van der Waals surface area contributed by atoms with Gasteiger partial charge in [-0.15, -0.1) is 0 Å². The molecule has 0 bridgehead atoms. The van der Waals surface area contributed by atoms with Crippen LogP contribution >= 0.6 is 0 Å². The van der Waals surface area contributed by atoms with Gasteiger partial charge in [0.25, 0.3) is 0 Å². The van der Waals surface area contributed by atoms with Crippen molar-refractivity contribution in [2.24, 2.45) is 11.0 Å². The van der Waals surface area contributed by atoms with Crippen molar-refractivity contribution in [1.29, 1.82) is 0 Å². The first kappa shape index (κ1) is 25.2. The fourth-order valence-electron chi connectivity index (χ4n) is 3.74. The highest BCUT2D eigenvalue weighted by atomic mass is 16.5. The Labute approximate surface area is 201 Å². The molecular formula is C26H35N3O5. The minimum Gasteiger partial charge on any atom is -0.493 e. The lowest BCUT2D eigenvalue weighted by molar-refractivity contribution is -0.122. The van der Waals surface area contributed by atoms with Gasteiger partial charge in [-0.2, -0.15) is 5.10 Å². The predicted molar refractivity (Wildman–Crippen MR) is 133 cm³/mol. The van der Waals surface area contributed by atoms with Crippen molar-refractivity contribution in [2.45, 2.75) is 39.2 Å². The summed E-state index contributed by atoms with van der Waals surface area (Å²) in [5, 5.41) is 9.51. The van der Waals surface area contributed by atoms with Crippen LogP contribution in [0, 0.1) is 5.92 Å². The van der Waals surface area contributed by atoms with Gasteiger partial charge in [0, 0.05) is 18.3 Å². The number of rotatable bonds is 10. The number of hydrazone groups is 1. The van der Waals surface area contributed by atoms with E-state index >= 15 is 0 Å². The Kier molecular flexibility index (Phi) is 9.01. The van der Waals surface area contributed by atoms with Crippen LogP contribution in [-0.2, 0) is 4.79 Å². The van der Waals surface area contributed by atoms with Crippen LogP contribution in [0.5, 0.6) is 23.0 Å². The zero-order valence-electron chi connectivity index (χ0n) is 20.7. The second-order valence-electron chi connectivity index (χ2n) is 8.59. The van der Waals surface area contributed by atoms with Gasteiger partial charge in [-0.05, 0) is 61.1 Å². The third-order valence-electron chi connectivity index (χ3n) is 5.54. The molecule has 1 unspecified atom stereocenters. The van der Waals surface area contributed by atoms with E-state index in [4.69, 9.17) is 18.9 Å². The van der Waals surface area contributed by atoms with Crippen molar-refractivity contribution in [3.8, 4) is 23.0 Å². The summed E-state index contributed by atoms with van der Waals surface area (Å²) < 4.78 is 21.9. The highest BCUT2D eigenvalue weighted by Crippen LogP contribution is 2.31. The number of nitrogens with zero attached hydrogens (tertiary/aromatic N) is 2. The van der Waals surface area contributed by atoms with Crippen LogP contribution in [0.4, 0.5) is 5.69 Å². The topological polar surface area (TPSA) is 81.6 Å². The SMILES string of the molecule is COc1ccc(NC(=O)C2CCCCN2/N=C/c2ccc(OC)c(OCC(C)C)c2)cc1OC. The summed E-state index contributed by atoms with van der Waals surface area (Å²) in [5.74, 6) is 2.85. The number of hydrogen-bond acceptors (Lipinski definition) is 7. The van der Waals surface area contributed by atoms with Gasteiger partial charge in [-0.1, -0.05) is 13.8 Å². The molecule has 1 fully saturated rings. The molecule has 2 aromatic rings. The van der Waals surface area contributed by atoms with E-state index in [-0.39, 0.29) is 11.9 Å². The summed E-state index contributed by atoms with van der Waals surface area (Å²) in [5.41, 5.74) is 1.53. The normalized spacial score (nSPS) is 15.9. The molecule has 0 saturated carbocycles. The van der Waals surface area contributed by atoms with Crippen LogP contribution in [0.1, 0.15) is 38.7 Å². The van der Waals surface area contributed by atoms with Gasteiger partial charge in [0.1, 0.15) is 6.04 Å². The minimum atomic E-state index is -0.354. The number of hydrogen-bond donors (Lipinski definition) is 1. The number of ether oxygens (including phenoxy) is 4. The maximum Gasteiger partial charge on any atom is 0.248 e.